The number of allylic oxidation sites excluding steroid dienone is 1. The largest absolute Gasteiger partial charge is 0.378 e. The molecule has 0 spiro atoms. The molecule has 2 unspecified atom stereocenters. The molecule has 0 aromatic carbocycles. The average molecular weight is 224 g/mol. The molecule has 0 radical (unpaired) electrons. The first-order valence-corrected chi connectivity index (χ1v) is 6.67. The highest BCUT2D eigenvalue weighted by molar-refractivity contribution is 5.12. The normalized spacial score (nSPS) is 28.6. The van der Waals surface area contributed by atoms with E-state index in [0.29, 0.717) is 12.1 Å². The van der Waals surface area contributed by atoms with Gasteiger partial charge < -0.3 is 4.74 Å². The van der Waals surface area contributed by atoms with Crippen molar-refractivity contribution in [2.75, 3.05) is 6.61 Å². The third-order valence-corrected chi connectivity index (χ3v) is 3.75. The minimum atomic E-state index is 0.334. The first-order chi connectivity index (χ1) is 7.90. The van der Waals surface area contributed by atoms with E-state index in [9.17, 15) is 0 Å². The fourth-order valence-corrected chi connectivity index (χ4v) is 2.78. The quantitative estimate of drug-likeness (QED) is 0.437. The van der Waals surface area contributed by atoms with E-state index in [0.717, 1.165) is 13.0 Å². The van der Waals surface area contributed by atoms with Gasteiger partial charge in [0.05, 0.1) is 6.10 Å². The minimum Gasteiger partial charge on any atom is -0.378 e. The molecule has 0 bridgehead atoms. The number of nitrogens with two attached hydrogens (primary N) is 1. The van der Waals surface area contributed by atoms with Crippen LogP contribution in [0.2, 0.25) is 0 Å². The summed E-state index contributed by atoms with van der Waals surface area (Å²) in [7, 11) is 0. The van der Waals surface area contributed by atoms with E-state index in [-0.39, 0.29) is 0 Å². The maximum Gasteiger partial charge on any atom is 0.0594 e. The Hall–Kier alpha value is -0.380. The van der Waals surface area contributed by atoms with Gasteiger partial charge in [-0.1, -0.05) is 18.1 Å². The second-order valence-electron chi connectivity index (χ2n) is 4.97. The predicted octanol–water partition coefficient (Wildman–Crippen LogP) is 2.28. The maximum absolute atomic E-state index is 5.69. The summed E-state index contributed by atoms with van der Waals surface area (Å²) >= 11 is 0. The molecule has 1 fully saturated rings. The van der Waals surface area contributed by atoms with Crippen molar-refractivity contribution in [1.29, 1.82) is 0 Å². The lowest BCUT2D eigenvalue weighted by atomic mass is 9.96. The zero-order chi connectivity index (χ0) is 11.2. The molecular weight excluding hydrogens is 200 g/mol. The van der Waals surface area contributed by atoms with Crippen molar-refractivity contribution in [3.05, 3.63) is 11.6 Å². The molecule has 3 nitrogen and oxygen atoms in total. The van der Waals surface area contributed by atoms with Gasteiger partial charge in [0, 0.05) is 12.6 Å². The predicted molar refractivity (Wildman–Crippen MR) is 65.9 cm³/mol. The summed E-state index contributed by atoms with van der Waals surface area (Å²) in [5, 5.41) is 0. The van der Waals surface area contributed by atoms with E-state index in [4.69, 9.17) is 10.6 Å². The van der Waals surface area contributed by atoms with E-state index >= 15 is 0 Å². The summed E-state index contributed by atoms with van der Waals surface area (Å²) < 4.78 is 5.68. The molecule has 0 amide bonds. The van der Waals surface area contributed by atoms with Crippen LogP contribution >= 0.6 is 0 Å². The zero-order valence-electron chi connectivity index (χ0n) is 10.1. The standard InChI is InChI=1S/C13H24N2O/c14-15-13(10-12-8-5-9-16-12)11-6-3-1-2-4-7-11/h6,12-13,15H,1-5,7-10,14H2. The van der Waals surface area contributed by atoms with Crippen LogP contribution in [0.25, 0.3) is 0 Å². The van der Waals surface area contributed by atoms with Crippen molar-refractivity contribution in [3.63, 3.8) is 0 Å². The van der Waals surface area contributed by atoms with E-state index in [1.807, 2.05) is 0 Å². The summed E-state index contributed by atoms with van der Waals surface area (Å²) in [6.45, 7) is 0.932. The summed E-state index contributed by atoms with van der Waals surface area (Å²) in [5.41, 5.74) is 4.49. The number of rotatable bonds is 4. The van der Waals surface area contributed by atoms with E-state index in [1.165, 1.54) is 50.5 Å². The van der Waals surface area contributed by atoms with Gasteiger partial charge in [0.1, 0.15) is 0 Å². The van der Waals surface area contributed by atoms with Crippen LogP contribution in [0.3, 0.4) is 0 Å². The number of hydrazine groups is 1. The van der Waals surface area contributed by atoms with Crippen LogP contribution in [0, 0.1) is 0 Å². The molecule has 16 heavy (non-hydrogen) atoms. The molecule has 1 aliphatic heterocycles. The van der Waals surface area contributed by atoms with Gasteiger partial charge in [-0.25, -0.2) is 0 Å². The van der Waals surface area contributed by atoms with Crippen LogP contribution in [0.4, 0.5) is 0 Å². The lowest BCUT2D eigenvalue weighted by Crippen LogP contribution is -2.39. The fraction of sp³-hybridized carbons (Fsp3) is 0.846. The van der Waals surface area contributed by atoms with Gasteiger partial charge in [0.2, 0.25) is 0 Å². The molecule has 92 valence electrons. The van der Waals surface area contributed by atoms with Crippen LogP contribution in [-0.4, -0.2) is 18.8 Å². The molecule has 0 aromatic heterocycles. The molecule has 2 rings (SSSR count). The van der Waals surface area contributed by atoms with Crippen LogP contribution < -0.4 is 11.3 Å². The summed E-state index contributed by atoms with van der Waals surface area (Å²) in [6, 6.07) is 0.334. The van der Waals surface area contributed by atoms with Crippen LogP contribution in [0.1, 0.15) is 51.4 Å². The van der Waals surface area contributed by atoms with Crippen molar-refractivity contribution in [1.82, 2.24) is 5.43 Å². The van der Waals surface area contributed by atoms with Gasteiger partial charge in [0.25, 0.3) is 0 Å². The minimum absolute atomic E-state index is 0.334. The molecule has 1 aliphatic carbocycles. The second-order valence-corrected chi connectivity index (χ2v) is 4.97. The maximum atomic E-state index is 5.69. The van der Waals surface area contributed by atoms with Crippen LogP contribution in [0.5, 0.6) is 0 Å². The number of nitrogens with one attached hydrogen (secondary N) is 1. The van der Waals surface area contributed by atoms with Gasteiger partial charge in [0.15, 0.2) is 0 Å². The van der Waals surface area contributed by atoms with Gasteiger partial charge in [-0.3, -0.25) is 11.3 Å². The number of hydrogen-bond donors (Lipinski definition) is 2. The van der Waals surface area contributed by atoms with E-state index in [1.54, 1.807) is 0 Å². The van der Waals surface area contributed by atoms with Crippen molar-refractivity contribution < 1.29 is 4.74 Å². The Bertz CT molecular complexity index is 234. The van der Waals surface area contributed by atoms with Crippen LogP contribution in [-0.2, 0) is 4.74 Å². The van der Waals surface area contributed by atoms with E-state index < -0.39 is 0 Å². The fourth-order valence-electron chi connectivity index (χ4n) is 2.78. The molecule has 3 heteroatoms. The Labute approximate surface area is 98.4 Å². The smallest absolute Gasteiger partial charge is 0.0594 e. The highest BCUT2D eigenvalue weighted by Gasteiger charge is 2.22. The third kappa shape index (κ3) is 3.30. The Morgan fingerprint density at radius 1 is 1.38 bits per heavy atom. The first-order valence-electron chi connectivity index (χ1n) is 6.67. The Morgan fingerprint density at radius 3 is 3.06 bits per heavy atom. The molecular formula is C13H24N2O. The Morgan fingerprint density at radius 2 is 2.31 bits per heavy atom. The molecule has 3 N–H and O–H groups in total. The van der Waals surface area contributed by atoms with Crippen molar-refractivity contribution in [2.45, 2.75) is 63.5 Å². The summed E-state index contributed by atoms with van der Waals surface area (Å²) in [4.78, 5) is 0. The van der Waals surface area contributed by atoms with Crippen molar-refractivity contribution in [2.24, 2.45) is 5.84 Å². The van der Waals surface area contributed by atoms with Gasteiger partial charge >= 0.3 is 0 Å². The van der Waals surface area contributed by atoms with Gasteiger partial charge in [-0.15, -0.1) is 0 Å². The molecule has 2 atom stereocenters. The molecule has 2 aliphatic rings. The molecule has 0 aromatic rings. The van der Waals surface area contributed by atoms with Crippen molar-refractivity contribution in [3.8, 4) is 0 Å². The summed E-state index contributed by atoms with van der Waals surface area (Å²) in [6.07, 6.45) is 12.7. The lowest BCUT2D eigenvalue weighted by molar-refractivity contribution is 0.0975. The topological polar surface area (TPSA) is 47.3 Å². The second kappa shape index (κ2) is 6.38. The Balaban J connectivity index is 1.89. The SMILES string of the molecule is NNC(CC1CCCO1)C1=CCCCCC1. The first kappa shape index (κ1) is 12.1. The third-order valence-electron chi connectivity index (χ3n) is 3.75. The van der Waals surface area contributed by atoms with Crippen LogP contribution in [0.15, 0.2) is 11.6 Å². The average Bonchev–Trinajstić information content (AvgIpc) is 2.67. The monoisotopic (exact) mass is 224 g/mol. The Kier molecular flexibility index (Phi) is 4.82. The number of hydrogen-bond acceptors (Lipinski definition) is 3. The summed E-state index contributed by atoms with van der Waals surface area (Å²) in [5.74, 6) is 5.69. The van der Waals surface area contributed by atoms with Gasteiger partial charge in [-0.05, 0) is 44.9 Å². The highest BCUT2D eigenvalue weighted by atomic mass is 16.5. The van der Waals surface area contributed by atoms with Crippen molar-refractivity contribution >= 4 is 0 Å². The molecule has 1 heterocycles. The molecule has 1 saturated heterocycles. The van der Waals surface area contributed by atoms with Gasteiger partial charge in [-0.2, -0.15) is 0 Å². The highest BCUT2D eigenvalue weighted by Crippen LogP contribution is 2.25. The number of ether oxygens (including phenoxy) is 1. The molecule has 0 saturated carbocycles. The zero-order valence-corrected chi connectivity index (χ0v) is 10.1. The van der Waals surface area contributed by atoms with E-state index in [2.05, 4.69) is 11.5 Å². The lowest BCUT2D eigenvalue weighted by Gasteiger charge is -2.22.